The van der Waals surface area contributed by atoms with Gasteiger partial charge in [-0.1, -0.05) is 30.3 Å². The number of halogens is 1. The van der Waals surface area contributed by atoms with Gasteiger partial charge in [0.05, 0.1) is 18.3 Å². The second-order valence-electron chi connectivity index (χ2n) is 5.97. The lowest BCUT2D eigenvalue weighted by atomic mass is 9.99. The van der Waals surface area contributed by atoms with Gasteiger partial charge >= 0.3 is 0 Å². The molecule has 0 amide bonds. The van der Waals surface area contributed by atoms with Crippen LogP contribution in [-0.2, 0) is 12.1 Å². The molecule has 22 heavy (non-hydrogen) atoms. The smallest absolute Gasteiger partial charge is 0.129 e. The van der Waals surface area contributed by atoms with Crippen LogP contribution >= 0.6 is 11.6 Å². The Kier molecular flexibility index (Phi) is 3.61. The lowest BCUT2D eigenvalue weighted by molar-refractivity contribution is 0.206. The molecule has 0 bridgehead atoms. The Morgan fingerprint density at radius 3 is 2.50 bits per heavy atom. The van der Waals surface area contributed by atoms with Crippen molar-refractivity contribution in [2.24, 2.45) is 0 Å². The molecule has 0 radical (unpaired) electrons. The molecule has 0 saturated heterocycles. The summed E-state index contributed by atoms with van der Waals surface area (Å²) in [4.78, 5) is 6.79. The van der Waals surface area contributed by atoms with Crippen LogP contribution in [0.3, 0.4) is 0 Å². The van der Waals surface area contributed by atoms with Crippen LogP contribution < -0.4 is 4.74 Å². The van der Waals surface area contributed by atoms with Crippen LogP contribution in [0.2, 0.25) is 5.15 Å². The Labute approximate surface area is 136 Å². The standard InChI is InChI=1S/C18H19ClN2O/c1-12-15-9-10-16(19)20-17(15)18(2,3)21(12)11-13-5-7-14(22-4)8-6-13/h5-10H,1,11H2,2-4H3. The first kappa shape index (κ1) is 14.9. The Morgan fingerprint density at radius 2 is 1.86 bits per heavy atom. The molecule has 3 rings (SSSR count). The number of pyridine rings is 1. The minimum absolute atomic E-state index is 0.239. The van der Waals surface area contributed by atoms with Gasteiger partial charge in [0, 0.05) is 17.8 Å². The van der Waals surface area contributed by atoms with Crippen molar-refractivity contribution in [3.05, 3.63) is 65.0 Å². The van der Waals surface area contributed by atoms with Crippen molar-refractivity contribution in [3.8, 4) is 5.75 Å². The third-order valence-electron chi connectivity index (χ3n) is 4.25. The van der Waals surface area contributed by atoms with Crippen molar-refractivity contribution in [1.82, 2.24) is 9.88 Å². The highest BCUT2D eigenvalue weighted by Crippen LogP contribution is 2.44. The second-order valence-corrected chi connectivity index (χ2v) is 6.36. The summed E-state index contributed by atoms with van der Waals surface area (Å²) < 4.78 is 5.21. The topological polar surface area (TPSA) is 25.4 Å². The molecule has 0 N–H and O–H groups in total. The number of rotatable bonds is 3. The molecule has 1 aromatic carbocycles. The van der Waals surface area contributed by atoms with E-state index in [1.165, 1.54) is 5.56 Å². The van der Waals surface area contributed by atoms with Gasteiger partial charge in [0.15, 0.2) is 0 Å². The minimum atomic E-state index is -0.239. The van der Waals surface area contributed by atoms with Crippen molar-refractivity contribution in [3.63, 3.8) is 0 Å². The number of nitrogens with zero attached hydrogens (tertiary/aromatic N) is 2. The number of methoxy groups -OCH3 is 1. The molecule has 1 aliphatic heterocycles. The maximum absolute atomic E-state index is 6.07. The number of aromatic nitrogens is 1. The number of ether oxygens (including phenoxy) is 1. The van der Waals surface area contributed by atoms with Crippen LogP contribution in [0.1, 0.15) is 30.7 Å². The minimum Gasteiger partial charge on any atom is -0.497 e. The highest BCUT2D eigenvalue weighted by molar-refractivity contribution is 6.29. The van der Waals surface area contributed by atoms with Crippen molar-refractivity contribution < 1.29 is 4.74 Å². The van der Waals surface area contributed by atoms with E-state index in [4.69, 9.17) is 16.3 Å². The maximum atomic E-state index is 6.07. The first-order valence-electron chi connectivity index (χ1n) is 7.20. The third kappa shape index (κ3) is 2.35. The summed E-state index contributed by atoms with van der Waals surface area (Å²) in [5.74, 6) is 0.861. The summed E-state index contributed by atoms with van der Waals surface area (Å²) in [6, 6.07) is 11.9. The first-order valence-corrected chi connectivity index (χ1v) is 7.58. The van der Waals surface area contributed by atoms with Crippen LogP contribution in [0.5, 0.6) is 5.75 Å². The third-order valence-corrected chi connectivity index (χ3v) is 4.46. The molecule has 0 fully saturated rings. The molecule has 3 nitrogen and oxygen atoms in total. The number of fused-ring (bicyclic) bond motifs is 1. The van der Waals surface area contributed by atoms with Crippen LogP contribution in [0.25, 0.3) is 5.70 Å². The Hall–Kier alpha value is -2.00. The molecule has 4 heteroatoms. The molecule has 0 atom stereocenters. The normalized spacial score (nSPS) is 15.8. The van der Waals surface area contributed by atoms with Gasteiger partial charge < -0.3 is 9.64 Å². The SMILES string of the molecule is C=C1c2ccc(Cl)nc2C(C)(C)N1Cc1ccc(OC)cc1. The van der Waals surface area contributed by atoms with Gasteiger partial charge in [-0.2, -0.15) is 0 Å². The Morgan fingerprint density at radius 1 is 1.18 bits per heavy atom. The average molecular weight is 315 g/mol. The number of hydrogen-bond donors (Lipinski definition) is 0. The fourth-order valence-electron chi connectivity index (χ4n) is 2.95. The summed E-state index contributed by atoms with van der Waals surface area (Å²) in [6.45, 7) is 9.32. The summed E-state index contributed by atoms with van der Waals surface area (Å²) in [5.41, 5.74) is 4.01. The zero-order valence-corrected chi connectivity index (χ0v) is 13.8. The van der Waals surface area contributed by atoms with Crippen molar-refractivity contribution in [2.75, 3.05) is 7.11 Å². The van der Waals surface area contributed by atoms with E-state index in [2.05, 4.69) is 42.4 Å². The monoisotopic (exact) mass is 314 g/mol. The summed E-state index contributed by atoms with van der Waals surface area (Å²) in [5, 5.41) is 0.519. The molecule has 1 aliphatic rings. The van der Waals surface area contributed by atoms with E-state index in [1.54, 1.807) is 7.11 Å². The predicted octanol–water partition coefficient (Wildman–Crippen LogP) is 4.47. The molecule has 0 saturated carbocycles. The van der Waals surface area contributed by atoms with Gasteiger partial charge in [-0.15, -0.1) is 0 Å². The number of hydrogen-bond acceptors (Lipinski definition) is 3. The zero-order chi connectivity index (χ0) is 15.9. The van der Waals surface area contributed by atoms with Crippen molar-refractivity contribution in [1.29, 1.82) is 0 Å². The van der Waals surface area contributed by atoms with Gasteiger partial charge in [-0.05, 0) is 43.7 Å². The largest absolute Gasteiger partial charge is 0.497 e. The van der Waals surface area contributed by atoms with E-state index in [-0.39, 0.29) is 5.54 Å². The summed E-state index contributed by atoms with van der Waals surface area (Å²) >= 11 is 6.07. The van der Waals surface area contributed by atoms with Gasteiger partial charge in [0.25, 0.3) is 0 Å². The van der Waals surface area contributed by atoms with Crippen LogP contribution in [0, 0.1) is 0 Å². The molecule has 1 aromatic heterocycles. The molecule has 0 spiro atoms. The summed E-state index contributed by atoms with van der Waals surface area (Å²) in [6.07, 6.45) is 0. The molecular formula is C18H19ClN2O. The van der Waals surface area contributed by atoms with Crippen LogP contribution in [0.15, 0.2) is 43.0 Å². The molecule has 114 valence electrons. The van der Waals surface area contributed by atoms with Gasteiger partial charge in [-0.25, -0.2) is 4.98 Å². The zero-order valence-electron chi connectivity index (χ0n) is 13.1. The lowest BCUT2D eigenvalue weighted by Crippen LogP contribution is -2.34. The fraction of sp³-hybridized carbons (Fsp3) is 0.278. The van der Waals surface area contributed by atoms with E-state index in [1.807, 2.05) is 24.3 Å². The molecular weight excluding hydrogens is 296 g/mol. The van der Waals surface area contributed by atoms with Crippen molar-refractivity contribution in [2.45, 2.75) is 25.9 Å². The first-order chi connectivity index (χ1) is 10.4. The fourth-order valence-corrected chi connectivity index (χ4v) is 3.10. The Balaban J connectivity index is 1.93. The number of benzene rings is 1. The van der Waals surface area contributed by atoms with Gasteiger partial charge in [0.2, 0.25) is 0 Å². The second kappa shape index (κ2) is 5.33. The predicted molar refractivity (Wildman–Crippen MR) is 89.8 cm³/mol. The molecule has 0 aliphatic carbocycles. The molecule has 2 heterocycles. The highest BCUT2D eigenvalue weighted by Gasteiger charge is 2.40. The van der Waals surface area contributed by atoms with Gasteiger partial charge in [-0.3, -0.25) is 0 Å². The quantitative estimate of drug-likeness (QED) is 0.782. The van der Waals surface area contributed by atoms with E-state index < -0.39 is 0 Å². The lowest BCUT2D eigenvalue weighted by Gasteiger charge is -2.34. The Bertz CT molecular complexity index is 722. The van der Waals surface area contributed by atoms with Crippen molar-refractivity contribution >= 4 is 17.3 Å². The summed E-state index contributed by atoms with van der Waals surface area (Å²) in [7, 11) is 1.67. The van der Waals surface area contributed by atoms with Gasteiger partial charge in [0.1, 0.15) is 10.9 Å². The molecule has 2 aromatic rings. The van der Waals surface area contributed by atoms with E-state index >= 15 is 0 Å². The maximum Gasteiger partial charge on any atom is 0.129 e. The highest BCUT2D eigenvalue weighted by atomic mass is 35.5. The molecule has 0 unspecified atom stereocenters. The van der Waals surface area contributed by atoms with Crippen LogP contribution in [0.4, 0.5) is 0 Å². The van der Waals surface area contributed by atoms with E-state index in [0.29, 0.717) is 5.15 Å². The van der Waals surface area contributed by atoms with E-state index in [0.717, 1.165) is 29.2 Å². The van der Waals surface area contributed by atoms with Crippen LogP contribution in [-0.4, -0.2) is 17.0 Å². The van der Waals surface area contributed by atoms with E-state index in [9.17, 15) is 0 Å². The average Bonchev–Trinajstić information content (AvgIpc) is 2.69.